The van der Waals surface area contributed by atoms with Crippen LogP contribution < -0.4 is 19.9 Å². The van der Waals surface area contributed by atoms with Crippen molar-refractivity contribution in [3.05, 3.63) is 111 Å². The summed E-state index contributed by atoms with van der Waals surface area (Å²) in [6, 6.07) is 22.8. The SMILES string of the molecule is CC(C)(c1ccc(OCc2ccnc(N3CC4CN(C5CCN(CC6CCN(c7ccc8c(c7)C(=O)N(C7CCC(=O)NC7=O)C8=O)CC6)CC5)CC4C3)n2)cc1)c1cc(Cl)cc(C#N)c1. The van der Waals surface area contributed by atoms with Gasteiger partial charge in [-0.2, -0.15) is 5.26 Å². The fraction of sp³-hybridized carbons (Fsp3) is 0.471. The number of amides is 4. The van der Waals surface area contributed by atoms with Crippen molar-refractivity contribution in [2.45, 2.75) is 76.5 Å². The van der Waals surface area contributed by atoms with Crippen molar-refractivity contribution in [3.8, 4) is 11.8 Å². The molecule has 5 saturated heterocycles. The summed E-state index contributed by atoms with van der Waals surface area (Å²) >= 11 is 6.32. The van der Waals surface area contributed by atoms with Crippen molar-refractivity contribution < 1.29 is 23.9 Å². The molecule has 0 spiro atoms. The number of nitrogens with zero attached hydrogens (tertiary/aromatic N) is 8. The first-order valence-electron chi connectivity index (χ1n) is 23.5. The van der Waals surface area contributed by atoms with Crippen LogP contribution in [0.5, 0.6) is 5.75 Å². The van der Waals surface area contributed by atoms with Gasteiger partial charge in [0, 0.05) is 80.6 Å². The minimum absolute atomic E-state index is 0.104. The number of aromatic nitrogens is 2. The molecule has 0 bridgehead atoms. The molecule has 6 aliphatic rings. The van der Waals surface area contributed by atoms with Crippen LogP contribution in [-0.2, 0) is 21.6 Å². The van der Waals surface area contributed by atoms with Crippen LogP contribution in [0.4, 0.5) is 11.6 Å². The minimum Gasteiger partial charge on any atom is -0.487 e. The van der Waals surface area contributed by atoms with Crippen molar-refractivity contribution in [3.63, 3.8) is 0 Å². The molecular formula is C51H56ClN9O5. The van der Waals surface area contributed by atoms with Gasteiger partial charge in [0.2, 0.25) is 17.8 Å². The van der Waals surface area contributed by atoms with Gasteiger partial charge in [0.25, 0.3) is 11.8 Å². The molecule has 4 amide bonds. The molecule has 3 aromatic carbocycles. The summed E-state index contributed by atoms with van der Waals surface area (Å²) in [5.41, 5.74) is 4.71. The molecule has 0 radical (unpaired) electrons. The van der Waals surface area contributed by atoms with Crippen LogP contribution in [0, 0.1) is 29.1 Å². The number of hydrogen-bond acceptors (Lipinski definition) is 12. The van der Waals surface area contributed by atoms with E-state index in [0.717, 1.165) is 111 Å². The second-order valence-corrected chi connectivity index (χ2v) is 20.1. The molecule has 1 aromatic heterocycles. The summed E-state index contributed by atoms with van der Waals surface area (Å²) in [5, 5.41) is 12.3. The number of halogens is 1. The Morgan fingerprint density at radius 1 is 0.803 bits per heavy atom. The van der Waals surface area contributed by atoms with E-state index in [9.17, 15) is 24.4 Å². The lowest BCUT2D eigenvalue weighted by Crippen LogP contribution is -2.54. The Kier molecular flexibility index (Phi) is 12.0. The molecule has 5 fully saturated rings. The fourth-order valence-electron chi connectivity index (χ4n) is 11.3. The number of fused-ring (bicyclic) bond motifs is 2. The van der Waals surface area contributed by atoms with E-state index in [1.54, 1.807) is 18.2 Å². The fourth-order valence-corrected chi connectivity index (χ4v) is 11.5. The maximum Gasteiger partial charge on any atom is 0.262 e. The maximum absolute atomic E-state index is 13.4. The number of carbonyl (C=O) groups excluding carboxylic acids is 4. The highest BCUT2D eigenvalue weighted by Gasteiger charge is 2.46. The van der Waals surface area contributed by atoms with Crippen molar-refractivity contribution in [1.82, 2.24) is 30.0 Å². The standard InChI is InChI=1S/C51H56ClN9O5/c1-51(2,37-21-33(25-53)22-38(52)23-37)36-3-6-42(7-4-36)66-31-39-11-16-54-50(55-39)60-29-34-27-59(28-35(34)30-60)40-14-17-57(18-15-40)26-32-12-19-58(20-13-32)41-5-8-43-44(24-41)49(65)61(48(43)64)45-9-10-46(62)56-47(45)63/h3-8,11,16,21-24,32,34-35,40,45H,9-10,12-15,17-20,26-31H2,1-2H3,(H,56,62,63). The zero-order valence-electron chi connectivity index (χ0n) is 37.6. The van der Waals surface area contributed by atoms with Gasteiger partial charge in [0.1, 0.15) is 18.4 Å². The number of hydrogen-bond donors (Lipinski definition) is 1. The number of nitrogens with one attached hydrogen (secondary N) is 1. The second-order valence-electron chi connectivity index (χ2n) is 19.6. The minimum atomic E-state index is -0.958. The van der Waals surface area contributed by atoms with E-state index in [-0.39, 0.29) is 24.2 Å². The van der Waals surface area contributed by atoms with E-state index in [2.05, 4.69) is 61.9 Å². The Hall–Kier alpha value is -5.88. The molecule has 14 nitrogen and oxygen atoms in total. The number of rotatable bonds is 11. The second kappa shape index (κ2) is 18.1. The Labute approximate surface area is 390 Å². The lowest BCUT2D eigenvalue weighted by atomic mass is 9.78. The maximum atomic E-state index is 13.4. The average Bonchev–Trinajstić information content (AvgIpc) is 3.99. The molecule has 15 heteroatoms. The molecule has 10 rings (SSSR count). The predicted molar refractivity (Wildman–Crippen MR) is 249 cm³/mol. The molecule has 1 N–H and O–H groups in total. The zero-order chi connectivity index (χ0) is 45.7. The number of piperidine rings is 3. The number of imide groups is 2. The third-order valence-corrected chi connectivity index (χ3v) is 15.4. The first-order valence-corrected chi connectivity index (χ1v) is 23.9. The van der Waals surface area contributed by atoms with E-state index in [1.165, 1.54) is 12.8 Å². The van der Waals surface area contributed by atoms with E-state index in [0.29, 0.717) is 52.1 Å². The van der Waals surface area contributed by atoms with Crippen LogP contribution in [0.2, 0.25) is 5.02 Å². The van der Waals surface area contributed by atoms with Crippen molar-refractivity contribution in [1.29, 1.82) is 5.26 Å². The lowest BCUT2D eigenvalue weighted by molar-refractivity contribution is -0.136. The lowest BCUT2D eigenvalue weighted by Gasteiger charge is -2.40. The van der Waals surface area contributed by atoms with Gasteiger partial charge in [-0.1, -0.05) is 37.6 Å². The van der Waals surface area contributed by atoms with E-state index in [4.69, 9.17) is 21.3 Å². The molecule has 3 atom stereocenters. The Morgan fingerprint density at radius 3 is 2.24 bits per heavy atom. The highest BCUT2D eigenvalue weighted by Crippen LogP contribution is 2.38. The van der Waals surface area contributed by atoms with E-state index < -0.39 is 23.8 Å². The number of benzene rings is 3. The van der Waals surface area contributed by atoms with Crippen LogP contribution in [0.15, 0.2) is 72.9 Å². The highest BCUT2D eigenvalue weighted by atomic mass is 35.5. The topological polar surface area (TPSA) is 155 Å². The van der Waals surface area contributed by atoms with Crippen LogP contribution in [0.25, 0.3) is 0 Å². The molecule has 4 aromatic rings. The number of anilines is 2. The summed E-state index contributed by atoms with van der Waals surface area (Å²) in [7, 11) is 0. The quantitative estimate of drug-likeness (QED) is 0.174. The van der Waals surface area contributed by atoms with Gasteiger partial charge in [-0.25, -0.2) is 9.97 Å². The molecule has 0 aliphatic carbocycles. The number of carbonyl (C=O) groups is 4. The summed E-state index contributed by atoms with van der Waals surface area (Å²) in [5.74, 6) is 1.49. The van der Waals surface area contributed by atoms with Gasteiger partial charge in [-0.05, 0) is 129 Å². The van der Waals surface area contributed by atoms with Gasteiger partial charge in [0.05, 0.1) is 28.5 Å². The van der Waals surface area contributed by atoms with Gasteiger partial charge < -0.3 is 19.4 Å². The summed E-state index contributed by atoms with van der Waals surface area (Å²) < 4.78 is 6.19. The van der Waals surface area contributed by atoms with Gasteiger partial charge >= 0.3 is 0 Å². The summed E-state index contributed by atoms with van der Waals surface area (Å²) in [6.07, 6.45) is 6.65. The Balaban J connectivity index is 0.652. The smallest absolute Gasteiger partial charge is 0.262 e. The van der Waals surface area contributed by atoms with E-state index in [1.807, 2.05) is 42.6 Å². The number of ether oxygens (including phenoxy) is 1. The van der Waals surface area contributed by atoms with Gasteiger partial charge in [-0.15, -0.1) is 0 Å². The van der Waals surface area contributed by atoms with Gasteiger partial charge in [-0.3, -0.25) is 34.3 Å². The molecular weight excluding hydrogens is 854 g/mol. The first kappa shape index (κ1) is 44.0. The normalized spacial score (nSPS) is 23.3. The van der Waals surface area contributed by atoms with E-state index >= 15 is 0 Å². The molecule has 7 heterocycles. The number of nitriles is 1. The van der Waals surface area contributed by atoms with Crippen molar-refractivity contribution in [2.24, 2.45) is 17.8 Å². The predicted octanol–water partition coefficient (Wildman–Crippen LogP) is 6.06. The third-order valence-electron chi connectivity index (χ3n) is 15.2. The zero-order valence-corrected chi connectivity index (χ0v) is 38.4. The third kappa shape index (κ3) is 8.76. The molecule has 66 heavy (non-hydrogen) atoms. The Bertz CT molecular complexity index is 2570. The highest BCUT2D eigenvalue weighted by molar-refractivity contribution is 6.30. The van der Waals surface area contributed by atoms with Crippen LogP contribution >= 0.6 is 11.6 Å². The summed E-state index contributed by atoms with van der Waals surface area (Å²) in [6.45, 7) is 14.0. The van der Waals surface area contributed by atoms with Gasteiger partial charge in [0.15, 0.2) is 0 Å². The average molecular weight is 911 g/mol. The van der Waals surface area contributed by atoms with Crippen LogP contribution in [0.1, 0.15) is 95.5 Å². The van der Waals surface area contributed by atoms with Crippen molar-refractivity contribution >= 4 is 46.9 Å². The number of likely N-dealkylation sites (tertiary alicyclic amines) is 2. The Morgan fingerprint density at radius 2 is 1.53 bits per heavy atom. The largest absolute Gasteiger partial charge is 0.487 e. The van der Waals surface area contributed by atoms with Crippen LogP contribution in [0.3, 0.4) is 0 Å². The monoisotopic (exact) mass is 909 g/mol. The molecule has 6 aliphatic heterocycles. The first-order chi connectivity index (χ1) is 31.9. The molecule has 3 unspecified atom stereocenters. The van der Waals surface area contributed by atoms with Crippen molar-refractivity contribution in [2.75, 3.05) is 68.7 Å². The molecule has 0 saturated carbocycles. The van der Waals surface area contributed by atoms with Crippen LogP contribution in [-0.4, -0.2) is 119 Å². The molecule has 342 valence electrons. The summed E-state index contributed by atoms with van der Waals surface area (Å²) in [4.78, 5) is 71.4.